The molecule has 2 unspecified atom stereocenters. The molecular formula is C13H25NO. The zero-order chi connectivity index (χ0) is 10.7. The standard InChI is InChI=1S/C13H25NO/c1-11-3-4-12(9-11)14-10-13(2)5-7-15-8-6-13/h11-12,14H,3-10H2,1-2H3. The third-order valence-corrected chi connectivity index (χ3v) is 4.21. The lowest BCUT2D eigenvalue weighted by Gasteiger charge is -2.34. The molecule has 2 nitrogen and oxygen atoms in total. The van der Waals surface area contributed by atoms with Crippen molar-refractivity contribution < 1.29 is 4.74 Å². The Kier molecular flexibility index (Phi) is 3.68. The molecule has 0 aromatic rings. The summed E-state index contributed by atoms with van der Waals surface area (Å²) in [5, 5.41) is 3.77. The van der Waals surface area contributed by atoms with Crippen LogP contribution in [0, 0.1) is 11.3 Å². The van der Waals surface area contributed by atoms with Gasteiger partial charge >= 0.3 is 0 Å². The Morgan fingerprint density at radius 1 is 1.27 bits per heavy atom. The SMILES string of the molecule is CC1CCC(NCC2(C)CCOCC2)C1. The van der Waals surface area contributed by atoms with E-state index in [0.29, 0.717) is 5.41 Å². The van der Waals surface area contributed by atoms with Gasteiger partial charge in [0.05, 0.1) is 0 Å². The van der Waals surface area contributed by atoms with Gasteiger partial charge in [0.2, 0.25) is 0 Å². The average Bonchev–Trinajstić information content (AvgIpc) is 2.63. The quantitative estimate of drug-likeness (QED) is 0.774. The number of hydrogen-bond acceptors (Lipinski definition) is 2. The van der Waals surface area contributed by atoms with Crippen molar-refractivity contribution in [1.29, 1.82) is 0 Å². The van der Waals surface area contributed by atoms with E-state index in [0.717, 1.165) is 25.2 Å². The van der Waals surface area contributed by atoms with Crippen molar-refractivity contribution >= 4 is 0 Å². The highest BCUT2D eigenvalue weighted by atomic mass is 16.5. The first-order valence-electron chi connectivity index (χ1n) is 6.49. The number of ether oxygens (including phenoxy) is 1. The maximum atomic E-state index is 5.43. The lowest BCUT2D eigenvalue weighted by Crippen LogP contribution is -2.40. The van der Waals surface area contributed by atoms with Gasteiger partial charge in [0.1, 0.15) is 0 Å². The molecule has 1 N–H and O–H groups in total. The molecule has 88 valence electrons. The minimum atomic E-state index is 0.490. The van der Waals surface area contributed by atoms with Crippen LogP contribution in [0.1, 0.15) is 46.0 Å². The molecule has 0 amide bonds. The van der Waals surface area contributed by atoms with E-state index in [9.17, 15) is 0 Å². The molecule has 2 fully saturated rings. The molecule has 0 aromatic heterocycles. The first-order valence-corrected chi connectivity index (χ1v) is 6.49. The van der Waals surface area contributed by atoms with E-state index in [1.165, 1.54) is 38.6 Å². The zero-order valence-electron chi connectivity index (χ0n) is 10.2. The van der Waals surface area contributed by atoms with Crippen LogP contribution in [0.3, 0.4) is 0 Å². The number of hydrogen-bond donors (Lipinski definition) is 1. The van der Waals surface area contributed by atoms with Crippen LogP contribution in [0.25, 0.3) is 0 Å². The summed E-state index contributed by atoms with van der Waals surface area (Å²) in [6.07, 6.45) is 6.63. The Labute approximate surface area is 93.8 Å². The van der Waals surface area contributed by atoms with Crippen molar-refractivity contribution in [2.75, 3.05) is 19.8 Å². The van der Waals surface area contributed by atoms with E-state index >= 15 is 0 Å². The molecule has 1 saturated heterocycles. The third-order valence-electron chi connectivity index (χ3n) is 4.21. The summed E-state index contributed by atoms with van der Waals surface area (Å²) >= 11 is 0. The first kappa shape index (κ1) is 11.4. The predicted octanol–water partition coefficient (Wildman–Crippen LogP) is 2.58. The smallest absolute Gasteiger partial charge is 0.0471 e. The topological polar surface area (TPSA) is 21.3 Å². The Balaban J connectivity index is 1.72. The van der Waals surface area contributed by atoms with Crippen molar-refractivity contribution in [1.82, 2.24) is 5.32 Å². The Bertz CT molecular complexity index is 199. The van der Waals surface area contributed by atoms with Crippen molar-refractivity contribution in [3.8, 4) is 0 Å². The molecule has 0 radical (unpaired) electrons. The molecular weight excluding hydrogens is 186 g/mol. The fourth-order valence-electron chi connectivity index (χ4n) is 2.82. The lowest BCUT2D eigenvalue weighted by atomic mass is 9.82. The predicted molar refractivity (Wildman–Crippen MR) is 63.0 cm³/mol. The Hall–Kier alpha value is -0.0800. The van der Waals surface area contributed by atoms with E-state index < -0.39 is 0 Å². The van der Waals surface area contributed by atoms with E-state index in [-0.39, 0.29) is 0 Å². The van der Waals surface area contributed by atoms with Gasteiger partial charge in [0.25, 0.3) is 0 Å². The molecule has 2 rings (SSSR count). The molecule has 1 saturated carbocycles. The number of rotatable bonds is 3. The van der Waals surface area contributed by atoms with Gasteiger partial charge in [-0.1, -0.05) is 13.8 Å². The minimum absolute atomic E-state index is 0.490. The molecule has 1 heterocycles. The summed E-state index contributed by atoms with van der Waals surface area (Å²) in [4.78, 5) is 0. The zero-order valence-corrected chi connectivity index (χ0v) is 10.2. The summed E-state index contributed by atoms with van der Waals surface area (Å²) in [7, 11) is 0. The molecule has 2 aliphatic rings. The van der Waals surface area contributed by atoms with Crippen LogP contribution in [-0.4, -0.2) is 25.8 Å². The highest BCUT2D eigenvalue weighted by Gasteiger charge is 2.29. The summed E-state index contributed by atoms with van der Waals surface area (Å²) in [5.74, 6) is 0.935. The fraction of sp³-hybridized carbons (Fsp3) is 1.00. The van der Waals surface area contributed by atoms with Crippen LogP contribution >= 0.6 is 0 Å². The molecule has 1 aliphatic carbocycles. The Morgan fingerprint density at radius 2 is 2.00 bits per heavy atom. The lowest BCUT2D eigenvalue weighted by molar-refractivity contribution is 0.0229. The van der Waals surface area contributed by atoms with Gasteiger partial charge in [0.15, 0.2) is 0 Å². The largest absolute Gasteiger partial charge is 0.381 e. The van der Waals surface area contributed by atoms with Crippen molar-refractivity contribution in [2.45, 2.75) is 52.0 Å². The second kappa shape index (κ2) is 4.84. The summed E-state index contributed by atoms with van der Waals surface area (Å²) in [5.41, 5.74) is 0.490. The van der Waals surface area contributed by atoms with Gasteiger partial charge in [-0.05, 0) is 43.4 Å². The molecule has 0 spiro atoms. The highest BCUT2D eigenvalue weighted by molar-refractivity contribution is 4.84. The molecule has 15 heavy (non-hydrogen) atoms. The molecule has 2 heteroatoms. The summed E-state index contributed by atoms with van der Waals surface area (Å²) in [6.45, 7) is 7.88. The second-order valence-electron chi connectivity index (χ2n) is 5.92. The van der Waals surface area contributed by atoms with Crippen LogP contribution in [-0.2, 0) is 4.74 Å². The molecule has 0 bridgehead atoms. The van der Waals surface area contributed by atoms with Gasteiger partial charge < -0.3 is 10.1 Å². The van der Waals surface area contributed by atoms with Gasteiger partial charge in [-0.25, -0.2) is 0 Å². The third kappa shape index (κ3) is 3.18. The van der Waals surface area contributed by atoms with Gasteiger partial charge in [-0.3, -0.25) is 0 Å². The van der Waals surface area contributed by atoms with E-state index in [1.807, 2.05) is 0 Å². The van der Waals surface area contributed by atoms with Gasteiger partial charge in [-0.2, -0.15) is 0 Å². The van der Waals surface area contributed by atoms with Gasteiger partial charge in [0, 0.05) is 25.8 Å². The van der Waals surface area contributed by atoms with E-state index in [4.69, 9.17) is 4.74 Å². The van der Waals surface area contributed by atoms with Crippen LogP contribution in [0.15, 0.2) is 0 Å². The minimum Gasteiger partial charge on any atom is -0.381 e. The summed E-state index contributed by atoms with van der Waals surface area (Å²) in [6, 6.07) is 0.791. The summed E-state index contributed by atoms with van der Waals surface area (Å²) < 4.78 is 5.43. The first-order chi connectivity index (χ1) is 7.18. The molecule has 2 atom stereocenters. The Morgan fingerprint density at radius 3 is 2.60 bits per heavy atom. The highest BCUT2D eigenvalue weighted by Crippen LogP contribution is 2.30. The van der Waals surface area contributed by atoms with Crippen LogP contribution in [0.4, 0.5) is 0 Å². The van der Waals surface area contributed by atoms with Crippen molar-refractivity contribution in [3.05, 3.63) is 0 Å². The monoisotopic (exact) mass is 211 g/mol. The van der Waals surface area contributed by atoms with Crippen LogP contribution < -0.4 is 5.32 Å². The maximum Gasteiger partial charge on any atom is 0.0471 e. The van der Waals surface area contributed by atoms with Crippen LogP contribution in [0.5, 0.6) is 0 Å². The second-order valence-corrected chi connectivity index (χ2v) is 5.92. The fourth-order valence-corrected chi connectivity index (χ4v) is 2.82. The molecule has 1 aliphatic heterocycles. The van der Waals surface area contributed by atoms with Crippen molar-refractivity contribution in [3.63, 3.8) is 0 Å². The average molecular weight is 211 g/mol. The normalized spacial score (nSPS) is 35.6. The number of nitrogens with one attached hydrogen (secondary N) is 1. The van der Waals surface area contributed by atoms with Gasteiger partial charge in [-0.15, -0.1) is 0 Å². The van der Waals surface area contributed by atoms with E-state index in [2.05, 4.69) is 19.2 Å². The molecule has 0 aromatic carbocycles. The van der Waals surface area contributed by atoms with Crippen LogP contribution in [0.2, 0.25) is 0 Å². The maximum absolute atomic E-state index is 5.43. The van der Waals surface area contributed by atoms with E-state index in [1.54, 1.807) is 0 Å². The van der Waals surface area contributed by atoms with Crippen molar-refractivity contribution in [2.24, 2.45) is 11.3 Å².